The fraction of sp³-hybridized carbons (Fsp3) is 0.417. The van der Waals surface area contributed by atoms with Crippen LogP contribution >= 0.6 is 0 Å². The van der Waals surface area contributed by atoms with E-state index in [1.165, 1.54) is 12.1 Å². The second-order valence-electron chi connectivity index (χ2n) is 5.00. The molecule has 0 amide bonds. The molecule has 0 fully saturated rings. The van der Waals surface area contributed by atoms with Gasteiger partial charge in [-0.3, -0.25) is 0 Å². The van der Waals surface area contributed by atoms with Crippen molar-refractivity contribution >= 4 is 21.7 Å². The molecule has 0 aliphatic carbocycles. The fourth-order valence-electron chi connectivity index (χ4n) is 1.62. The Kier molecular flexibility index (Phi) is 4.54. The number of sulfonamides is 1. The standard InChI is InChI=1S/C12H18N2O4S/c1-12(2,14-19(3,17)18)8-13-10-6-4-5-9(7-10)11(15)16/h4-7,13-14H,8H2,1-3H3,(H,15,16). The number of aromatic carboxylic acids is 1. The normalized spacial score (nSPS) is 12.2. The topological polar surface area (TPSA) is 95.5 Å². The monoisotopic (exact) mass is 286 g/mol. The molecular weight excluding hydrogens is 268 g/mol. The quantitative estimate of drug-likeness (QED) is 0.728. The molecule has 0 aliphatic rings. The maximum Gasteiger partial charge on any atom is 0.335 e. The molecule has 7 heteroatoms. The Morgan fingerprint density at radius 2 is 2.00 bits per heavy atom. The molecule has 106 valence electrons. The zero-order chi connectivity index (χ0) is 14.7. The van der Waals surface area contributed by atoms with Gasteiger partial charge in [0.15, 0.2) is 0 Å². The molecule has 1 rings (SSSR count). The lowest BCUT2D eigenvalue weighted by molar-refractivity contribution is 0.0697. The van der Waals surface area contributed by atoms with Crippen LogP contribution in [0, 0.1) is 0 Å². The van der Waals surface area contributed by atoms with Gasteiger partial charge in [0.05, 0.1) is 11.8 Å². The largest absolute Gasteiger partial charge is 0.478 e. The van der Waals surface area contributed by atoms with Crippen molar-refractivity contribution in [3.63, 3.8) is 0 Å². The highest BCUT2D eigenvalue weighted by Crippen LogP contribution is 2.13. The summed E-state index contributed by atoms with van der Waals surface area (Å²) in [6.07, 6.45) is 1.10. The van der Waals surface area contributed by atoms with E-state index in [9.17, 15) is 13.2 Å². The van der Waals surface area contributed by atoms with Crippen LogP contribution < -0.4 is 10.0 Å². The molecule has 3 N–H and O–H groups in total. The first-order valence-electron chi connectivity index (χ1n) is 5.65. The predicted molar refractivity (Wildman–Crippen MR) is 73.9 cm³/mol. The lowest BCUT2D eigenvalue weighted by Gasteiger charge is -2.25. The van der Waals surface area contributed by atoms with Gasteiger partial charge in [0.1, 0.15) is 0 Å². The second kappa shape index (κ2) is 5.58. The van der Waals surface area contributed by atoms with Crippen LogP contribution in [0.3, 0.4) is 0 Å². The molecule has 0 aromatic heterocycles. The van der Waals surface area contributed by atoms with Gasteiger partial charge in [-0.15, -0.1) is 0 Å². The average Bonchev–Trinajstić information content (AvgIpc) is 2.24. The molecule has 6 nitrogen and oxygen atoms in total. The number of hydrogen-bond acceptors (Lipinski definition) is 4. The Hall–Kier alpha value is -1.60. The summed E-state index contributed by atoms with van der Waals surface area (Å²) in [5.74, 6) is -1.00. The minimum absolute atomic E-state index is 0.180. The number of anilines is 1. The Bertz CT molecular complexity index is 567. The van der Waals surface area contributed by atoms with Crippen molar-refractivity contribution in [2.24, 2.45) is 0 Å². The molecule has 1 aromatic carbocycles. The molecule has 0 atom stereocenters. The van der Waals surface area contributed by atoms with Crippen molar-refractivity contribution in [3.8, 4) is 0 Å². The third kappa shape index (κ3) is 5.71. The minimum Gasteiger partial charge on any atom is -0.478 e. The van der Waals surface area contributed by atoms with E-state index in [-0.39, 0.29) is 5.56 Å². The first-order chi connectivity index (χ1) is 8.59. The lowest BCUT2D eigenvalue weighted by Crippen LogP contribution is -2.47. The van der Waals surface area contributed by atoms with E-state index in [4.69, 9.17) is 5.11 Å². The van der Waals surface area contributed by atoms with Gasteiger partial charge in [-0.05, 0) is 32.0 Å². The summed E-state index contributed by atoms with van der Waals surface area (Å²) in [6, 6.07) is 6.35. The summed E-state index contributed by atoms with van der Waals surface area (Å²) in [4.78, 5) is 10.8. The lowest BCUT2D eigenvalue weighted by atomic mass is 10.1. The number of nitrogens with one attached hydrogen (secondary N) is 2. The van der Waals surface area contributed by atoms with Crippen LogP contribution in [0.15, 0.2) is 24.3 Å². The smallest absolute Gasteiger partial charge is 0.335 e. The van der Waals surface area contributed by atoms with Gasteiger partial charge in [-0.25, -0.2) is 17.9 Å². The van der Waals surface area contributed by atoms with Crippen LogP contribution in [0.1, 0.15) is 24.2 Å². The van der Waals surface area contributed by atoms with E-state index in [0.29, 0.717) is 12.2 Å². The molecule has 0 bridgehead atoms. The van der Waals surface area contributed by atoms with E-state index in [0.717, 1.165) is 6.26 Å². The molecular formula is C12H18N2O4S. The minimum atomic E-state index is -3.29. The Morgan fingerprint density at radius 1 is 1.37 bits per heavy atom. The fourth-order valence-corrected chi connectivity index (χ4v) is 2.70. The van der Waals surface area contributed by atoms with Gasteiger partial charge in [0.25, 0.3) is 0 Å². The summed E-state index contributed by atoms with van der Waals surface area (Å²) in [5, 5.41) is 11.9. The van der Waals surface area contributed by atoms with Crippen LogP contribution in [0.5, 0.6) is 0 Å². The van der Waals surface area contributed by atoms with Crippen molar-refractivity contribution in [1.82, 2.24) is 4.72 Å². The number of carboxylic acids is 1. The van der Waals surface area contributed by atoms with Crippen molar-refractivity contribution in [1.29, 1.82) is 0 Å². The van der Waals surface area contributed by atoms with E-state index in [2.05, 4.69) is 10.0 Å². The van der Waals surface area contributed by atoms with Gasteiger partial charge in [0, 0.05) is 17.8 Å². The summed E-state index contributed by atoms with van der Waals surface area (Å²) >= 11 is 0. The second-order valence-corrected chi connectivity index (χ2v) is 6.75. The number of carbonyl (C=O) groups is 1. The average molecular weight is 286 g/mol. The van der Waals surface area contributed by atoms with Crippen molar-refractivity contribution < 1.29 is 18.3 Å². The summed E-state index contributed by atoms with van der Waals surface area (Å²) in [7, 11) is -3.29. The van der Waals surface area contributed by atoms with Gasteiger partial charge in [0.2, 0.25) is 10.0 Å². The zero-order valence-electron chi connectivity index (χ0n) is 11.1. The van der Waals surface area contributed by atoms with E-state index in [1.807, 2.05) is 0 Å². The van der Waals surface area contributed by atoms with Crippen LogP contribution in [0.2, 0.25) is 0 Å². The van der Waals surface area contributed by atoms with Crippen molar-refractivity contribution in [2.75, 3.05) is 18.1 Å². The number of carboxylic acid groups (broad SMARTS) is 1. The van der Waals surface area contributed by atoms with E-state index < -0.39 is 21.5 Å². The first-order valence-corrected chi connectivity index (χ1v) is 7.54. The number of benzene rings is 1. The number of rotatable bonds is 6. The van der Waals surface area contributed by atoms with Crippen LogP contribution in [0.25, 0.3) is 0 Å². The van der Waals surface area contributed by atoms with Gasteiger partial charge < -0.3 is 10.4 Å². The van der Waals surface area contributed by atoms with Gasteiger partial charge in [-0.2, -0.15) is 0 Å². The molecule has 0 saturated carbocycles. The summed E-state index contributed by atoms with van der Waals surface area (Å²) in [6.45, 7) is 3.81. The van der Waals surface area contributed by atoms with Crippen LogP contribution in [-0.2, 0) is 10.0 Å². The number of hydrogen-bond donors (Lipinski definition) is 3. The zero-order valence-corrected chi connectivity index (χ0v) is 11.9. The maximum atomic E-state index is 11.2. The summed E-state index contributed by atoms with van der Waals surface area (Å²) < 4.78 is 24.9. The molecule has 1 aromatic rings. The SMILES string of the molecule is CC(C)(CNc1cccc(C(=O)O)c1)NS(C)(=O)=O. The van der Waals surface area contributed by atoms with Gasteiger partial charge in [-0.1, -0.05) is 6.07 Å². The first kappa shape index (κ1) is 15.5. The molecule has 0 radical (unpaired) electrons. The third-order valence-electron chi connectivity index (χ3n) is 2.31. The van der Waals surface area contributed by atoms with Crippen molar-refractivity contribution in [3.05, 3.63) is 29.8 Å². The highest BCUT2D eigenvalue weighted by atomic mass is 32.2. The Labute approximate surface area is 112 Å². The summed E-state index contributed by atoms with van der Waals surface area (Å²) in [5.41, 5.74) is 0.134. The Morgan fingerprint density at radius 3 is 2.53 bits per heavy atom. The van der Waals surface area contributed by atoms with Crippen LogP contribution in [-0.4, -0.2) is 37.8 Å². The maximum absolute atomic E-state index is 11.2. The highest BCUT2D eigenvalue weighted by Gasteiger charge is 2.21. The molecule has 0 heterocycles. The third-order valence-corrected chi connectivity index (χ3v) is 3.23. The molecule has 0 unspecified atom stereocenters. The van der Waals surface area contributed by atoms with Crippen LogP contribution in [0.4, 0.5) is 5.69 Å². The van der Waals surface area contributed by atoms with E-state index in [1.54, 1.807) is 26.0 Å². The van der Waals surface area contributed by atoms with Gasteiger partial charge >= 0.3 is 5.97 Å². The molecule has 0 aliphatic heterocycles. The molecule has 0 spiro atoms. The highest BCUT2D eigenvalue weighted by molar-refractivity contribution is 7.88. The Balaban J connectivity index is 2.71. The molecule has 19 heavy (non-hydrogen) atoms. The molecule has 0 saturated heterocycles. The predicted octanol–water partition coefficient (Wildman–Crippen LogP) is 1.12. The van der Waals surface area contributed by atoms with Crippen molar-refractivity contribution in [2.45, 2.75) is 19.4 Å². The van der Waals surface area contributed by atoms with E-state index >= 15 is 0 Å².